The average molecular weight is 434 g/mol. The van der Waals surface area contributed by atoms with E-state index in [2.05, 4.69) is 16.1 Å². The first-order chi connectivity index (χ1) is 14.3. The Morgan fingerprint density at radius 1 is 1.10 bits per heavy atom. The van der Waals surface area contributed by atoms with Crippen molar-refractivity contribution in [1.82, 2.24) is 19.6 Å². The van der Waals surface area contributed by atoms with Gasteiger partial charge in [-0.15, -0.1) is 11.3 Å². The van der Waals surface area contributed by atoms with Gasteiger partial charge in [0.1, 0.15) is 0 Å². The van der Waals surface area contributed by atoms with E-state index < -0.39 is 23.3 Å². The lowest BCUT2D eigenvalue weighted by Crippen LogP contribution is -2.48. The van der Waals surface area contributed by atoms with Gasteiger partial charge in [-0.3, -0.25) is 9.69 Å². The molecule has 0 atom stereocenters. The highest BCUT2D eigenvalue weighted by atomic mass is 32.1. The van der Waals surface area contributed by atoms with E-state index in [1.165, 1.54) is 9.78 Å². The number of piperazine rings is 1. The van der Waals surface area contributed by atoms with E-state index in [1.54, 1.807) is 42.5 Å². The molecule has 5 nitrogen and oxygen atoms in total. The maximum Gasteiger partial charge on any atom is 0.434 e. The second-order valence-electron chi connectivity index (χ2n) is 7.25. The highest BCUT2D eigenvalue weighted by Gasteiger charge is 2.42. The van der Waals surface area contributed by atoms with E-state index in [-0.39, 0.29) is 0 Å². The first kappa shape index (κ1) is 20.6. The molecular weight excluding hydrogens is 413 g/mol. The summed E-state index contributed by atoms with van der Waals surface area (Å²) in [5, 5.41) is 5.95. The van der Waals surface area contributed by atoms with E-state index in [0.29, 0.717) is 37.4 Å². The smallest absolute Gasteiger partial charge is 0.336 e. The number of hydrogen-bond acceptors (Lipinski definition) is 4. The maximum atomic E-state index is 13.9. The molecule has 30 heavy (non-hydrogen) atoms. The van der Waals surface area contributed by atoms with Crippen LogP contribution in [0.4, 0.5) is 13.2 Å². The van der Waals surface area contributed by atoms with Crippen LogP contribution < -0.4 is 0 Å². The highest BCUT2D eigenvalue weighted by Crippen LogP contribution is 2.35. The molecule has 9 heteroatoms. The van der Waals surface area contributed by atoms with Crippen LogP contribution in [-0.2, 0) is 12.7 Å². The number of carbonyl (C=O) groups excluding carboxylic acids is 1. The number of para-hydroxylation sites is 1. The van der Waals surface area contributed by atoms with Gasteiger partial charge in [0.25, 0.3) is 5.91 Å². The Labute approximate surface area is 176 Å². The third-order valence-corrected chi connectivity index (χ3v) is 6.09. The number of nitrogens with zero attached hydrogens (tertiary/aromatic N) is 4. The maximum absolute atomic E-state index is 13.9. The predicted octanol–water partition coefficient (Wildman–Crippen LogP) is 4.22. The van der Waals surface area contributed by atoms with Gasteiger partial charge in [0.2, 0.25) is 0 Å². The Bertz CT molecular complexity index is 1020. The van der Waals surface area contributed by atoms with Crippen molar-refractivity contribution in [3.8, 4) is 5.69 Å². The summed E-state index contributed by atoms with van der Waals surface area (Å²) in [7, 11) is 0. The van der Waals surface area contributed by atoms with Gasteiger partial charge in [-0.25, -0.2) is 4.68 Å². The molecule has 0 saturated carbocycles. The number of thiophene rings is 1. The molecule has 1 aromatic carbocycles. The molecule has 0 aliphatic carbocycles. The van der Waals surface area contributed by atoms with Crippen molar-refractivity contribution < 1.29 is 18.0 Å². The van der Waals surface area contributed by atoms with Crippen LogP contribution in [0.3, 0.4) is 0 Å². The molecule has 0 bridgehead atoms. The standard InChI is InChI=1S/C21H21F3N4OS/c1-15-5-2-3-7-18(15)28-19(21(22,23)24)17(13-25-28)20(29)27-10-8-26(9-11-27)14-16-6-4-12-30-16/h2-7,12-13H,8-11,14H2,1H3. The van der Waals surface area contributed by atoms with Crippen molar-refractivity contribution in [3.05, 3.63) is 69.7 Å². The number of benzene rings is 1. The van der Waals surface area contributed by atoms with Crippen LogP contribution in [-0.4, -0.2) is 51.7 Å². The second-order valence-corrected chi connectivity index (χ2v) is 8.28. The van der Waals surface area contributed by atoms with Gasteiger partial charge in [0.15, 0.2) is 5.69 Å². The van der Waals surface area contributed by atoms with Gasteiger partial charge in [0.05, 0.1) is 17.4 Å². The lowest BCUT2D eigenvalue weighted by Gasteiger charge is -2.34. The normalized spacial score (nSPS) is 15.5. The number of carbonyl (C=O) groups is 1. The molecule has 4 rings (SSSR count). The fourth-order valence-electron chi connectivity index (χ4n) is 3.66. The number of halogens is 3. The number of alkyl halides is 3. The van der Waals surface area contributed by atoms with Crippen LogP contribution in [0.5, 0.6) is 0 Å². The summed E-state index contributed by atoms with van der Waals surface area (Å²) in [4.78, 5) is 17.9. The fraction of sp³-hybridized carbons (Fsp3) is 0.333. The van der Waals surface area contributed by atoms with Crippen molar-refractivity contribution in [2.75, 3.05) is 26.2 Å². The largest absolute Gasteiger partial charge is 0.434 e. The molecule has 0 radical (unpaired) electrons. The van der Waals surface area contributed by atoms with Gasteiger partial charge in [0, 0.05) is 37.6 Å². The molecule has 2 aromatic heterocycles. The summed E-state index contributed by atoms with van der Waals surface area (Å²) in [6, 6.07) is 10.7. The SMILES string of the molecule is Cc1ccccc1-n1ncc(C(=O)N2CCN(Cc3cccs3)CC2)c1C(F)(F)F. The van der Waals surface area contributed by atoms with Crippen molar-refractivity contribution in [2.24, 2.45) is 0 Å². The van der Waals surface area contributed by atoms with Crippen molar-refractivity contribution in [1.29, 1.82) is 0 Å². The Balaban J connectivity index is 1.55. The van der Waals surface area contributed by atoms with E-state index in [1.807, 2.05) is 11.4 Å². The van der Waals surface area contributed by atoms with Gasteiger partial charge >= 0.3 is 6.18 Å². The van der Waals surface area contributed by atoms with Crippen molar-refractivity contribution >= 4 is 17.2 Å². The van der Waals surface area contributed by atoms with Crippen LogP contribution in [0.1, 0.15) is 26.5 Å². The topological polar surface area (TPSA) is 41.4 Å². The quantitative estimate of drug-likeness (QED) is 0.618. The zero-order valence-corrected chi connectivity index (χ0v) is 17.2. The van der Waals surface area contributed by atoms with Crippen LogP contribution in [0, 0.1) is 6.92 Å². The van der Waals surface area contributed by atoms with E-state index in [4.69, 9.17) is 0 Å². The molecule has 158 valence electrons. The van der Waals surface area contributed by atoms with Gasteiger partial charge < -0.3 is 4.90 Å². The van der Waals surface area contributed by atoms with E-state index >= 15 is 0 Å². The van der Waals surface area contributed by atoms with Crippen LogP contribution in [0.2, 0.25) is 0 Å². The third-order valence-electron chi connectivity index (χ3n) is 5.23. The summed E-state index contributed by atoms with van der Waals surface area (Å²) in [5.41, 5.74) is -0.475. The summed E-state index contributed by atoms with van der Waals surface area (Å²) in [6.07, 6.45) is -3.67. The molecule has 0 N–H and O–H groups in total. The Hall–Kier alpha value is -2.65. The summed E-state index contributed by atoms with van der Waals surface area (Å²) in [6.45, 7) is 4.52. The molecular formula is C21H21F3N4OS. The lowest BCUT2D eigenvalue weighted by atomic mass is 10.1. The van der Waals surface area contributed by atoms with Crippen molar-refractivity contribution in [3.63, 3.8) is 0 Å². The van der Waals surface area contributed by atoms with Crippen LogP contribution in [0.25, 0.3) is 5.69 Å². The van der Waals surface area contributed by atoms with Crippen molar-refractivity contribution in [2.45, 2.75) is 19.6 Å². The summed E-state index contributed by atoms with van der Waals surface area (Å²) < 4.78 is 42.6. The molecule has 0 spiro atoms. The first-order valence-corrected chi connectivity index (χ1v) is 10.5. The molecule has 0 unspecified atom stereocenters. The Kier molecular flexibility index (Phi) is 5.66. The second kappa shape index (κ2) is 8.23. The Morgan fingerprint density at radius 3 is 2.47 bits per heavy atom. The minimum Gasteiger partial charge on any atom is -0.336 e. The van der Waals surface area contributed by atoms with Gasteiger partial charge in [-0.1, -0.05) is 24.3 Å². The zero-order valence-electron chi connectivity index (χ0n) is 16.4. The minimum atomic E-state index is -4.70. The molecule has 1 saturated heterocycles. The molecule has 1 aliphatic rings. The van der Waals surface area contributed by atoms with E-state index in [0.717, 1.165) is 17.4 Å². The number of hydrogen-bond donors (Lipinski definition) is 0. The average Bonchev–Trinajstić information content (AvgIpc) is 3.38. The highest BCUT2D eigenvalue weighted by molar-refractivity contribution is 7.09. The first-order valence-electron chi connectivity index (χ1n) is 9.60. The molecule has 3 heterocycles. The zero-order chi connectivity index (χ0) is 21.3. The number of aryl methyl sites for hydroxylation is 1. The number of aromatic nitrogens is 2. The fourth-order valence-corrected chi connectivity index (χ4v) is 4.41. The molecule has 1 fully saturated rings. The monoisotopic (exact) mass is 434 g/mol. The van der Waals surface area contributed by atoms with Crippen LogP contribution in [0.15, 0.2) is 48.0 Å². The number of rotatable bonds is 4. The summed E-state index contributed by atoms with van der Waals surface area (Å²) >= 11 is 1.67. The minimum absolute atomic E-state index is 0.310. The van der Waals surface area contributed by atoms with E-state index in [9.17, 15) is 18.0 Å². The van der Waals surface area contributed by atoms with Gasteiger partial charge in [-0.05, 0) is 30.0 Å². The number of amides is 1. The third kappa shape index (κ3) is 4.13. The van der Waals surface area contributed by atoms with Gasteiger partial charge in [-0.2, -0.15) is 18.3 Å². The molecule has 1 amide bonds. The molecule has 3 aromatic rings. The summed E-state index contributed by atoms with van der Waals surface area (Å²) in [5.74, 6) is -0.627. The lowest BCUT2D eigenvalue weighted by molar-refractivity contribution is -0.143. The molecule has 1 aliphatic heterocycles. The Morgan fingerprint density at radius 2 is 1.83 bits per heavy atom. The predicted molar refractivity (Wildman–Crippen MR) is 109 cm³/mol. The van der Waals surface area contributed by atoms with Crippen LogP contribution >= 0.6 is 11.3 Å².